The van der Waals surface area contributed by atoms with Crippen LogP contribution in [0.1, 0.15) is 11.1 Å². The number of aliphatic hydroxyl groups is 1. The second-order valence-corrected chi connectivity index (χ2v) is 3.18. The molecule has 0 aliphatic rings. The minimum atomic E-state index is -0.0730. The first-order valence-corrected chi connectivity index (χ1v) is 4.13. The predicted octanol–water partition coefficient (Wildman–Crippen LogP) is 1.47. The third-order valence-electron chi connectivity index (χ3n) is 1.51. The smallest absolute Gasteiger partial charge is 0.104 e. The van der Waals surface area contributed by atoms with Crippen LogP contribution in [0.3, 0.4) is 0 Å². The number of halogens is 1. The fourth-order valence-corrected chi connectivity index (χ4v) is 1.20. The van der Waals surface area contributed by atoms with Crippen molar-refractivity contribution in [3.8, 4) is 0 Å². The van der Waals surface area contributed by atoms with Crippen molar-refractivity contribution in [2.24, 2.45) is 5.73 Å². The van der Waals surface area contributed by atoms with E-state index in [9.17, 15) is 0 Å². The summed E-state index contributed by atoms with van der Waals surface area (Å²) < 4.78 is 0. The van der Waals surface area contributed by atoms with Gasteiger partial charge in [0.05, 0.1) is 6.61 Å². The lowest BCUT2D eigenvalue weighted by Crippen LogP contribution is -2.09. The van der Waals surface area contributed by atoms with Crippen LogP contribution in [0.15, 0.2) is 18.2 Å². The van der Waals surface area contributed by atoms with Crippen LogP contribution in [0.2, 0.25) is 5.02 Å². The van der Waals surface area contributed by atoms with E-state index in [4.69, 9.17) is 34.7 Å². The first-order valence-electron chi connectivity index (χ1n) is 3.34. The van der Waals surface area contributed by atoms with Crippen molar-refractivity contribution in [3.63, 3.8) is 0 Å². The molecule has 0 aliphatic heterocycles. The first-order chi connectivity index (χ1) is 5.65. The Hall–Kier alpha value is -0.640. The molecule has 1 rings (SSSR count). The Balaban J connectivity index is 3.10. The van der Waals surface area contributed by atoms with Crippen molar-refractivity contribution >= 4 is 28.8 Å². The van der Waals surface area contributed by atoms with Crippen molar-refractivity contribution in [2.75, 3.05) is 0 Å². The van der Waals surface area contributed by atoms with E-state index in [1.54, 1.807) is 18.2 Å². The predicted molar refractivity (Wildman–Crippen MR) is 53.3 cm³/mol. The highest BCUT2D eigenvalue weighted by atomic mass is 35.5. The van der Waals surface area contributed by atoms with E-state index in [-0.39, 0.29) is 6.61 Å². The van der Waals surface area contributed by atoms with E-state index in [0.29, 0.717) is 21.1 Å². The van der Waals surface area contributed by atoms with Gasteiger partial charge in [0.2, 0.25) is 0 Å². The minimum absolute atomic E-state index is 0.0730. The molecule has 0 atom stereocenters. The number of hydrogen-bond acceptors (Lipinski definition) is 2. The largest absolute Gasteiger partial charge is 0.392 e. The minimum Gasteiger partial charge on any atom is -0.392 e. The van der Waals surface area contributed by atoms with Crippen LogP contribution in [0.5, 0.6) is 0 Å². The Morgan fingerprint density at radius 2 is 2.25 bits per heavy atom. The highest BCUT2D eigenvalue weighted by Crippen LogP contribution is 2.17. The molecule has 0 bridgehead atoms. The van der Waals surface area contributed by atoms with E-state index in [1.807, 2.05) is 0 Å². The summed E-state index contributed by atoms with van der Waals surface area (Å²) in [7, 11) is 0. The number of aliphatic hydroxyl groups excluding tert-OH is 1. The quantitative estimate of drug-likeness (QED) is 0.713. The molecule has 0 radical (unpaired) electrons. The molecule has 12 heavy (non-hydrogen) atoms. The van der Waals surface area contributed by atoms with Crippen LogP contribution >= 0.6 is 23.8 Å². The zero-order valence-electron chi connectivity index (χ0n) is 6.25. The van der Waals surface area contributed by atoms with Crippen LogP contribution in [-0.4, -0.2) is 10.1 Å². The van der Waals surface area contributed by atoms with E-state index in [1.165, 1.54) is 0 Å². The summed E-state index contributed by atoms with van der Waals surface area (Å²) in [5, 5.41) is 9.29. The summed E-state index contributed by atoms with van der Waals surface area (Å²) in [5.74, 6) is 0. The second kappa shape index (κ2) is 3.85. The van der Waals surface area contributed by atoms with Crippen molar-refractivity contribution < 1.29 is 5.11 Å². The highest BCUT2D eigenvalue weighted by Gasteiger charge is 2.01. The third kappa shape index (κ3) is 1.94. The van der Waals surface area contributed by atoms with Crippen LogP contribution < -0.4 is 5.73 Å². The Labute approximate surface area is 81.0 Å². The van der Waals surface area contributed by atoms with Crippen LogP contribution in [0.4, 0.5) is 0 Å². The fraction of sp³-hybridized carbons (Fsp3) is 0.125. The lowest BCUT2D eigenvalue weighted by Gasteiger charge is -2.02. The summed E-state index contributed by atoms with van der Waals surface area (Å²) in [6, 6.07) is 5.09. The molecule has 0 heterocycles. The van der Waals surface area contributed by atoms with Gasteiger partial charge in [-0.25, -0.2) is 0 Å². The average molecular weight is 202 g/mol. The van der Waals surface area contributed by atoms with Crippen LogP contribution in [0.25, 0.3) is 0 Å². The van der Waals surface area contributed by atoms with E-state index in [2.05, 4.69) is 0 Å². The molecule has 0 saturated heterocycles. The summed E-state index contributed by atoms with van der Waals surface area (Å²) in [6.07, 6.45) is 0. The van der Waals surface area contributed by atoms with Gasteiger partial charge in [-0.1, -0.05) is 36.0 Å². The van der Waals surface area contributed by atoms with Gasteiger partial charge in [-0.2, -0.15) is 0 Å². The van der Waals surface area contributed by atoms with Crippen molar-refractivity contribution in [2.45, 2.75) is 6.61 Å². The zero-order chi connectivity index (χ0) is 9.14. The van der Waals surface area contributed by atoms with Gasteiger partial charge in [-0.05, 0) is 11.6 Å². The van der Waals surface area contributed by atoms with Crippen molar-refractivity contribution in [1.29, 1.82) is 0 Å². The summed E-state index contributed by atoms with van der Waals surface area (Å²) in [4.78, 5) is 0.307. The number of hydrogen-bond donors (Lipinski definition) is 2. The van der Waals surface area contributed by atoms with Gasteiger partial charge >= 0.3 is 0 Å². The number of thiocarbonyl (C=S) groups is 1. The molecule has 2 nitrogen and oxygen atoms in total. The van der Waals surface area contributed by atoms with Gasteiger partial charge < -0.3 is 10.8 Å². The molecule has 0 unspecified atom stereocenters. The number of rotatable bonds is 2. The topological polar surface area (TPSA) is 46.2 Å². The molecule has 3 N–H and O–H groups in total. The standard InChI is InChI=1S/C8H8ClNOS/c9-7-3-5(8(10)12)1-2-6(7)4-11/h1-3,11H,4H2,(H2,10,12). The fourth-order valence-electron chi connectivity index (χ4n) is 0.829. The molecule has 0 saturated carbocycles. The summed E-state index contributed by atoms with van der Waals surface area (Å²) >= 11 is 10.6. The molecule has 1 aromatic carbocycles. The SMILES string of the molecule is NC(=S)c1ccc(CO)c(Cl)c1. The molecule has 64 valence electrons. The highest BCUT2D eigenvalue weighted by molar-refractivity contribution is 7.80. The van der Waals surface area contributed by atoms with Crippen molar-refractivity contribution in [1.82, 2.24) is 0 Å². The van der Waals surface area contributed by atoms with Gasteiger partial charge in [-0.15, -0.1) is 0 Å². The number of nitrogens with two attached hydrogens (primary N) is 1. The second-order valence-electron chi connectivity index (χ2n) is 2.33. The molecule has 1 aromatic rings. The Kier molecular flexibility index (Phi) is 3.03. The molecule has 0 amide bonds. The average Bonchev–Trinajstić information content (AvgIpc) is 2.04. The van der Waals surface area contributed by atoms with E-state index < -0.39 is 0 Å². The van der Waals surface area contributed by atoms with Crippen molar-refractivity contribution in [3.05, 3.63) is 34.3 Å². The van der Waals surface area contributed by atoms with Gasteiger partial charge in [-0.3, -0.25) is 0 Å². The zero-order valence-corrected chi connectivity index (χ0v) is 7.82. The van der Waals surface area contributed by atoms with E-state index >= 15 is 0 Å². The van der Waals surface area contributed by atoms with Gasteiger partial charge in [0.15, 0.2) is 0 Å². The van der Waals surface area contributed by atoms with Crippen LogP contribution in [0, 0.1) is 0 Å². The van der Waals surface area contributed by atoms with Crippen LogP contribution in [-0.2, 0) is 6.61 Å². The monoisotopic (exact) mass is 201 g/mol. The lowest BCUT2D eigenvalue weighted by atomic mass is 10.1. The Morgan fingerprint density at radius 3 is 2.67 bits per heavy atom. The maximum atomic E-state index is 8.80. The Bertz CT molecular complexity index is 314. The van der Waals surface area contributed by atoms with Gasteiger partial charge in [0, 0.05) is 10.6 Å². The van der Waals surface area contributed by atoms with Gasteiger partial charge in [0.25, 0.3) is 0 Å². The lowest BCUT2D eigenvalue weighted by molar-refractivity contribution is 0.282. The molecule has 0 spiro atoms. The molecule has 0 fully saturated rings. The molecular weight excluding hydrogens is 194 g/mol. The number of benzene rings is 1. The first kappa shape index (κ1) is 9.45. The maximum absolute atomic E-state index is 8.80. The Morgan fingerprint density at radius 1 is 1.58 bits per heavy atom. The maximum Gasteiger partial charge on any atom is 0.104 e. The van der Waals surface area contributed by atoms with E-state index in [0.717, 1.165) is 0 Å². The summed E-state index contributed by atoms with van der Waals surface area (Å²) in [6.45, 7) is -0.0730. The molecular formula is C8H8ClNOS. The molecule has 4 heteroatoms. The van der Waals surface area contributed by atoms with Gasteiger partial charge in [0.1, 0.15) is 4.99 Å². The third-order valence-corrected chi connectivity index (χ3v) is 2.10. The normalized spacial score (nSPS) is 9.83. The summed E-state index contributed by atoms with van der Waals surface area (Å²) in [5.41, 5.74) is 6.78. The molecule has 0 aromatic heterocycles. The molecule has 0 aliphatic carbocycles.